The summed E-state index contributed by atoms with van der Waals surface area (Å²) in [4.78, 5) is 12.0. The number of benzene rings is 1. The maximum Gasteiger partial charge on any atom is 0.240 e. The van der Waals surface area contributed by atoms with Crippen LogP contribution in [-0.2, 0) is 4.79 Å². The topological polar surface area (TPSA) is 64.4 Å². The monoisotopic (exact) mass is 330 g/mol. The van der Waals surface area contributed by atoms with Crippen molar-refractivity contribution in [3.63, 3.8) is 0 Å². The van der Waals surface area contributed by atoms with Gasteiger partial charge in [0.2, 0.25) is 5.91 Å². The SMILES string of the molecule is Cl.NC1(C(=O)NCCCCOc2ccc(F)cc2)CCCC1. The lowest BCUT2D eigenvalue weighted by atomic mass is 9.98. The van der Waals surface area contributed by atoms with Crippen molar-refractivity contribution in [2.75, 3.05) is 13.2 Å². The van der Waals surface area contributed by atoms with E-state index in [0.717, 1.165) is 38.5 Å². The van der Waals surface area contributed by atoms with Crippen molar-refractivity contribution < 1.29 is 13.9 Å². The van der Waals surface area contributed by atoms with Gasteiger partial charge in [-0.2, -0.15) is 0 Å². The van der Waals surface area contributed by atoms with Crippen molar-refractivity contribution in [1.82, 2.24) is 5.32 Å². The van der Waals surface area contributed by atoms with E-state index in [0.29, 0.717) is 18.9 Å². The van der Waals surface area contributed by atoms with Crippen LogP contribution in [0.5, 0.6) is 5.75 Å². The van der Waals surface area contributed by atoms with Crippen molar-refractivity contribution in [3.8, 4) is 5.75 Å². The zero-order chi connectivity index (χ0) is 15.1. The third-order valence-electron chi connectivity index (χ3n) is 3.89. The average molecular weight is 331 g/mol. The Bertz CT molecular complexity index is 462. The van der Waals surface area contributed by atoms with Gasteiger partial charge < -0.3 is 15.8 Å². The van der Waals surface area contributed by atoms with E-state index >= 15 is 0 Å². The fourth-order valence-electron chi connectivity index (χ4n) is 2.56. The molecule has 6 heteroatoms. The van der Waals surface area contributed by atoms with Gasteiger partial charge in [-0.25, -0.2) is 4.39 Å². The van der Waals surface area contributed by atoms with Crippen LogP contribution >= 0.6 is 12.4 Å². The number of amides is 1. The van der Waals surface area contributed by atoms with Crippen LogP contribution in [0.15, 0.2) is 24.3 Å². The predicted octanol–water partition coefficient (Wildman–Crippen LogP) is 2.79. The Hall–Kier alpha value is -1.33. The Morgan fingerprint density at radius 3 is 2.50 bits per heavy atom. The summed E-state index contributed by atoms with van der Waals surface area (Å²) < 4.78 is 18.2. The number of hydrogen-bond acceptors (Lipinski definition) is 3. The van der Waals surface area contributed by atoms with Gasteiger partial charge in [0.15, 0.2) is 0 Å². The molecule has 1 aromatic carbocycles. The molecule has 1 saturated carbocycles. The Kier molecular flexibility index (Phi) is 7.62. The van der Waals surface area contributed by atoms with Gasteiger partial charge in [-0.1, -0.05) is 12.8 Å². The van der Waals surface area contributed by atoms with Gasteiger partial charge >= 0.3 is 0 Å². The number of nitrogens with two attached hydrogens (primary N) is 1. The Labute approximate surface area is 137 Å². The average Bonchev–Trinajstić information content (AvgIpc) is 2.92. The maximum absolute atomic E-state index is 12.7. The summed E-state index contributed by atoms with van der Waals surface area (Å²) >= 11 is 0. The van der Waals surface area contributed by atoms with Crippen LogP contribution in [0.1, 0.15) is 38.5 Å². The van der Waals surface area contributed by atoms with Crippen molar-refractivity contribution in [3.05, 3.63) is 30.1 Å². The molecule has 1 aliphatic carbocycles. The second-order valence-electron chi connectivity index (χ2n) is 5.63. The third-order valence-corrected chi connectivity index (χ3v) is 3.89. The van der Waals surface area contributed by atoms with Crippen molar-refractivity contribution in [2.45, 2.75) is 44.1 Å². The molecule has 1 fully saturated rings. The van der Waals surface area contributed by atoms with E-state index in [1.807, 2.05) is 0 Å². The van der Waals surface area contributed by atoms with E-state index in [9.17, 15) is 9.18 Å². The molecule has 22 heavy (non-hydrogen) atoms. The molecule has 1 aromatic rings. The standard InChI is InChI=1S/C16H23FN2O2.ClH/c17-13-5-7-14(8-6-13)21-12-4-3-11-19-15(20)16(18)9-1-2-10-16;/h5-8H,1-4,9-12,18H2,(H,19,20);1H. The van der Waals surface area contributed by atoms with Gasteiger partial charge in [0.1, 0.15) is 11.6 Å². The molecule has 1 aliphatic rings. The van der Waals surface area contributed by atoms with E-state index in [1.54, 1.807) is 12.1 Å². The van der Waals surface area contributed by atoms with Crippen LogP contribution in [0.25, 0.3) is 0 Å². The highest BCUT2D eigenvalue weighted by Gasteiger charge is 2.36. The first-order chi connectivity index (χ1) is 10.1. The van der Waals surface area contributed by atoms with Gasteiger partial charge in [-0.05, 0) is 49.9 Å². The molecule has 1 amide bonds. The maximum atomic E-state index is 12.7. The molecule has 124 valence electrons. The number of carbonyl (C=O) groups excluding carboxylic acids is 1. The van der Waals surface area contributed by atoms with E-state index in [-0.39, 0.29) is 24.1 Å². The lowest BCUT2D eigenvalue weighted by molar-refractivity contribution is -0.126. The van der Waals surface area contributed by atoms with Crippen LogP contribution in [0.2, 0.25) is 0 Å². The van der Waals surface area contributed by atoms with Crippen molar-refractivity contribution in [1.29, 1.82) is 0 Å². The molecule has 0 aromatic heterocycles. The van der Waals surface area contributed by atoms with Crippen molar-refractivity contribution in [2.24, 2.45) is 5.73 Å². The van der Waals surface area contributed by atoms with Crippen molar-refractivity contribution >= 4 is 18.3 Å². The second kappa shape index (κ2) is 8.96. The van der Waals surface area contributed by atoms with E-state index in [1.165, 1.54) is 12.1 Å². The minimum absolute atomic E-state index is 0. The number of rotatable bonds is 7. The first-order valence-corrected chi connectivity index (χ1v) is 7.56. The fourth-order valence-corrected chi connectivity index (χ4v) is 2.56. The normalized spacial score (nSPS) is 15.9. The highest BCUT2D eigenvalue weighted by Crippen LogP contribution is 2.27. The van der Waals surface area contributed by atoms with E-state index in [4.69, 9.17) is 10.5 Å². The van der Waals surface area contributed by atoms with Crippen LogP contribution in [0.3, 0.4) is 0 Å². The number of unbranched alkanes of at least 4 members (excludes halogenated alkanes) is 1. The summed E-state index contributed by atoms with van der Waals surface area (Å²) in [5.41, 5.74) is 5.42. The summed E-state index contributed by atoms with van der Waals surface area (Å²) in [7, 11) is 0. The molecule has 2 rings (SSSR count). The summed E-state index contributed by atoms with van der Waals surface area (Å²) in [5, 5.41) is 2.90. The van der Waals surface area contributed by atoms with Gasteiger partial charge in [-0.15, -0.1) is 12.4 Å². The molecule has 3 N–H and O–H groups in total. The molecule has 0 aliphatic heterocycles. The zero-order valence-corrected chi connectivity index (χ0v) is 13.5. The first kappa shape index (κ1) is 18.7. The molecule has 4 nitrogen and oxygen atoms in total. The molecular formula is C16H24ClFN2O2. The number of hydrogen-bond donors (Lipinski definition) is 2. The minimum Gasteiger partial charge on any atom is -0.494 e. The number of carbonyl (C=O) groups is 1. The zero-order valence-electron chi connectivity index (χ0n) is 12.6. The molecule has 0 saturated heterocycles. The molecule has 0 radical (unpaired) electrons. The number of halogens is 2. The first-order valence-electron chi connectivity index (χ1n) is 7.56. The quantitative estimate of drug-likeness (QED) is 0.756. The third kappa shape index (κ3) is 5.46. The van der Waals surface area contributed by atoms with Crippen LogP contribution in [-0.4, -0.2) is 24.6 Å². The summed E-state index contributed by atoms with van der Waals surface area (Å²) in [6.45, 7) is 1.17. The molecule has 0 atom stereocenters. The highest BCUT2D eigenvalue weighted by atomic mass is 35.5. The van der Waals surface area contributed by atoms with Gasteiger partial charge in [0, 0.05) is 6.54 Å². The van der Waals surface area contributed by atoms with Crippen LogP contribution in [0.4, 0.5) is 4.39 Å². The lowest BCUT2D eigenvalue weighted by Crippen LogP contribution is -2.52. The molecular weight excluding hydrogens is 307 g/mol. The number of ether oxygens (including phenoxy) is 1. The smallest absolute Gasteiger partial charge is 0.240 e. The van der Waals surface area contributed by atoms with Crippen LogP contribution < -0.4 is 15.8 Å². The van der Waals surface area contributed by atoms with E-state index in [2.05, 4.69) is 5.32 Å². The molecule has 0 spiro atoms. The molecule has 0 bridgehead atoms. The summed E-state index contributed by atoms with van der Waals surface area (Å²) in [6, 6.07) is 5.96. The number of nitrogens with one attached hydrogen (secondary N) is 1. The fraction of sp³-hybridized carbons (Fsp3) is 0.562. The Balaban J connectivity index is 0.00000242. The van der Waals surface area contributed by atoms with Gasteiger partial charge in [0.05, 0.1) is 12.1 Å². The largest absolute Gasteiger partial charge is 0.494 e. The van der Waals surface area contributed by atoms with Crippen LogP contribution in [0, 0.1) is 5.82 Å². The van der Waals surface area contributed by atoms with Gasteiger partial charge in [-0.3, -0.25) is 4.79 Å². The minimum atomic E-state index is -0.648. The molecule has 0 unspecified atom stereocenters. The molecule has 0 heterocycles. The highest BCUT2D eigenvalue weighted by molar-refractivity contribution is 5.86. The van der Waals surface area contributed by atoms with E-state index < -0.39 is 5.54 Å². The predicted molar refractivity (Wildman–Crippen MR) is 86.8 cm³/mol. The second-order valence-corrected chi connectivity index (χ2v) is 5.63. The Morgan fingerprint density at radius 1 is 1.23 bits per heavy atom. The summed E-state index contributed by atoms with van der Waals surface area (Å²) in [5.74, 6) is 0.361. The Morgan fingerprint density at radius 2 is 1.86 bits per heavy atom. The van der Waals surface area contributed by atoms with Gasteiger partial charge in [0.25, 0.3) is 0 Å². The lowest BCUT2D eigenvalue weighted by Gasteiger charge is -2.22. The summed E-state index contributed by atoms with van der Waals surface area (Å²) in [6.07, 6.45) is 5.31.